The highest BCUT2D eigenvalue weighted by Gasteiger charge is 1.98. The van der Waals surface area contributed by atoms with Crippen molar-refractivity contribution < 1.29 is 5.11 Å². The van der Waals surface area contributed by atoms with Gasteiger partial charge in [-0.2, -0.15) is 0 Å². The number of aliphatic hydroxyl groups excluding tert-OH is 1. The van der Waals surface area contributed by atoms with Crippen LogP contribution in [-0.4, -0.2) is 11.2 Å². The Morgan fingerprint density at radius 2 is 2.38 bits per heavy atom. The van der Waals surface area contributed by atoms with E-state index in [4.69, 9.17) is 16.7 Å². The van der Waals surface area contributed by atoms with E-state index < -0.39 is 0 Å². The first-order valence-electron chi connectivity index (χ1n) is 2.70. The minimum atomic E-state index is -0.287. The van der Waals surface area contributed by atoms with Crippen LogP contribution < -0.4 is 0 Å². The second-order valence-electron chi connectivity index (χ2n) is 1.69. The lowest BCUT2D eigenvalue weighted by Crippen LogP contribution is -2.03. The molecule has 0 amide bonds. The van der Waals surface area contributed by atoms with E-state index >= 15 is 0 Å². The molecule has 0 saturated carbocycles. The van der Waals surface area contributed by atoms with Crippen molar-refractivity contribution >= 4 is 11.6 Å². The minimum Gasteiger partial charge on any atom is -0.393 e. The monoisotopic (exact) mass is 134 g/mol. The van der Waals surface area contributed by atoms with Gasteiger partial charge in [0.2, 0.25) is 0 Å². The van der Waals surface area contributed by atoms with Gasteiger partial charge in [0.25, 0.3) is 0 Å². The van der Waals surface area contributed by atoms with Crippen LogP contribution in [0.1, 0.15) is 19.3 Å². The van der Waals surface area contributed by atoms with E-state index in [1.165, 1.54) is 5.88 Å². The molecule has 0 fully saturated rings. The summed E-state index contributed by atoms with van der Waals surface area (Å²) >= 11 is 5.23. The Morgan fingerprint density at radius 3 is 2.75 bits per heavy atom. The van der Waals surface area contributed by atoms with E-state index in [1.807, 2.05) is 0 Å². The second-order valence-corrected chi connectivity index (χ2v) is 1.99. The highest BCUT2D eigenvalue weighted by atomic mass is 35.5. The number of aliphatic hydroxyl groups is 1. The van der Waals surface area contributed by atoms with Gasteiger partial charge in [0, 0.05) is 0 Å². The Bertz CT molecular complexity index is 41.8. The maximum Gasteiger partial charge on any atom is 0.0554 e. The molecular weight excluding hydrogens is 124 g/mol. The van der Waals surface area contributed by atoms with Crippen molar-refractivity contribution in [1.82, 2.24) is 0 Å². The van der Waals surface area contributed by atoms with Crippen LogP contribution in [0.5, 0.6) is 0 Å². The predicted molar refractivity (Wildman–Crippen MR) is 35.4 cm³/mol. The summed E-state index contributed by atoms with van der Waals surface area (Å²) < 4.78 is 0. The molecule has 0 heterocycles. The van der Waals surface area contributed by atoms with Crippen LogP contribution >= 0.6 is 11.6 Å². The lowest BCUT2D eigenvalue weighted by Gasteiger charge is -2.03. The fourth-order valence-electron chi connectivity index (χ4n) is 0.456. The molecule has 48 valence electrons. The minimum absolute atomic E-state index is 0.287. The standard InChI is InChI=1S/C6H11ClO/c1-2-3-6(8)4-5-7/h5-6,8H,1-4H2. The summed E-state index contributed by atoms with van der Waals surface area (Å²) in [6.07, 6.45) is 1.79. The number of hydrogen-bond donors (Lipinski definition) is 1. The molecule has 0 aromatic rings. The Labute approximate surface area is 55.7 Å². The molecule has 0 rings (SSSR count). The molecule has 0 bridgehead atoms. The van der Waals surface area contributed by atoms with Gasteiger partial charge in [-0.1, -0.05) is 13.3 Å². The van der Waals surface area contributed by atoms with E-state index in [1.54, 1.807) is 0 Å². The van der Waals surface area contributed by atoms with Crippen molar-refractivity contribution in [3.05, 3.63) is 12.8 Å². The molecule has 2 heteroatoms. The predicted octanol–water partition coefficient (Wildman–Crippen LogP) is 1.75. The van der Waals surface area contributed by atoms with Gasteiger partial charge >= 0.3 is 0 Å². The quantitative estimate of drug-likeness (QED) is 0.621. The number of hydrogen-bond acceptors (Lipinski definition) is 1. The van der Waals surface area contributed by atoms with Crippen LogP contribution in [0.3, 0.4) is 0 Å². The summed E-state index contributed by atoms with van der Waals surface area (Å²) in [6.45, 7) is 3.59. The zero-order valence-corrected chi connectivity index (χ0v) is 5.56. The van der Waals surface area contributed by atoms with Crippen LogP contribution in [-0.2, 0) is 0 Å². The van der Waals surface area contributed by atoms with Gasteiger partial charge in [0.15, 0.2) is 0 Å². The fourth-order valence-corrected chi connectivity index (χ4v) is 0.662. The summed E-state index contributed by atoms with van der Waals surface area (Å²) in [4.78, 5) is 0. The number of rotatable bonds is 4. The molecule has 1 nitrogen and oxygen atoms in total. The van der Waals surface area contributed by atoms with Crippen LogP contribution in [0.4, 0.5) is 0 Å². The Hall–Kier alpha value is 0.250. The zero-order chi connectivity index (χ0) is 6.41. The summed E-state index contributed by atoms with van der Waals surface area (Å²) in [7, 11) is 0. The molecule has 1 atom stereocenters. The topological polar surface area (TPSA) is 20.2 Å². The van der Waals surface area contributed by atoms with Gasteiger partial charge in [-0.25, -0.2) is 0 Å². The molecule has 0 aromatic heterocycles. The third-order valence-corrected chi connectivity index (χ3v) is 1.08. The lowest BCUT2D eigenvalue weighted by molar-refractivity contribution is 0.167. The fraction of sp³-hybridized carbons (Fsp3) is 0.667. The molecule has 2 radical (unpaired) electrons. The molecule has 8 heavy (non-hydrogen) atoms. The Morgan fingerprint density at radius 1 is 1.75 bits per heavy atom. The molecule has 0 aliphatic rings. The molecule has 0 aliphatic heterocycles. The molecule has 1 unspecified atom stereocenters. The van der Waals surface area contributed by atoms with Crippen LogP contribution in [0.15, 0.2) is 0 Å². The normalized spacial score (nSPS) is 13.9. The average Bonchev–Trinajstić information content (AvgIpc) is 1.68. The van der Waals surface area contributed by atoms with Gasteiger partial charge in [0.05, 0.1) is 12.0 Å². The smallest absolute Gasteiger partial charge is 0.0554 e. The highest BCUT2D eigenvalue weighted by Crippen LogP contribution is 2.04. The third-order valence-electron chi connectivity index (χ3n) is 0.899. The maximum absolute atomic E-state index is 8.89. The third kappa shape index (κ3) is 4.41. The first-order chi connectivity index (χ1) is 3.81. The summed E-state index contributed by atoms with van der Waals surface area (Å²) in [5.74, 6) is 1.44. The SMILES string of the molecule is [CH2]CCC(O)C[CH]Cl. The lowest BCUT2D eigenvalue weighted by atomic mass is 10.2. The maximum atomic E-state index is 8.89. The summed E-state index contributed by atoms with van der Waals surface area (Å²) in [5.41, 5.74) is 0. The van der Waals surface area contributed by atoms with Crippen molar-refractivity contribution in [2.24, 2.45) is 0 Å². The Kier molecular flexibility index (Phi) is 5.56. The summed E-state index contributed by atoms with van der Waals surface area (Å²) in [5, 5.41) is 8.89. The number of halogens is 1. The largest absolute Gasteiger partial charge is 0.393 e. The zero-order valence-electron chi connectivity index (χ0n) is 4.81. The first-order valence-corrected chi connectivity index (χ1v) is 3.14. The molecule has 0 aromatic carbocycles. The molecular formula is C6H11ClO. The van der Waals surface area contributed by atoms with E-state index in [2.05, 4.69) is 6.92 Å². The molecule has 0 aliphatic carbocycles. The van der Waals surface area contributed by atoms with Crippen molar-refractivity contribution in [3.63, 3.8) is 0 Å². The second kappa shape index (κ2) is 5.39. The van der Waals surface area contributed by atoms with E-state index in [9.17, 15) is 0 Å². The van der Waals surface area contributed by atoms with Crippen molar-refractivity contribution in [3.8, 4) is 0 Å². The van der Waals surface area contributed by atoms with Crippen LogP contribution in [0, 0.1) is 12.8 Å². The molecule has 0 saturated heterocycles. The van der Waals surface area contributed by atoms with Crippen molar-refractivity contribution in [2.75, 3.05) is 0 Å². The van der Waals surface area contributed by atoms with Gasteiger partial charge in [-0.05, 0) is 12.8 Å². The van der Waals surface area contributed by atoms with Crippen LogP contribution in [0.25, 0.3) is 0 Å². The van der Waals surface area contributed by atoms with E-state index in [0.717, 1.165) is 12.8 Å². The molecule has 0 spiro atoms. The van der Waals surface area contributed by atoms with E-state index in [0.29, 0.717) is 6.42 Å². The first kappa shape index (κ1) is 8.25. The van der Waals surface area contributed by atoms with Gasteiger partial charge in [-0.3, -0.25) is 0 Å². The van der Waals surface area contributed by atoms with E-state index in [-0.39, 0.29) is 6.10 Å². The highest BCUT2D eigenvalue weighted by molar-refractivity contribution is 6.23. The van der Waals surface area contributed by atoms with Gasteiger partial charge in [-0.15, -0.1) is 11.6 Å². The molecule has 1 N–H and O–H groups in total. The van der Waals surface area contributed by atoms with Crippen molar-refractivity contribution in [2.45, 2.75) is 25.4 Å². The van der Waals surface area contributed by atoms with Crippen molar-refractivity contribution in [1.29, 1.82) is 0 Å². The van der Waals surface area contributed by atoms with Gasteiger partial charge < -0.3 is 5.11 Å². The Balaban J connectivity index is 2.92. The summed E-state index contributed by atoms with van der Waals surface area (Å²) in [6, 6.07) is 0. The van der Waals surface area contributed by atoms with Gasteiger partial charge in [0.1, 0.15) is 0 Å². The van der Waals surface area contributed by atoms with Crippen LogP contribution in [0.2, 0.25) is 0 Å². The average molecular weight is 135 g/mol.